The molecule has 0 aliphatic carbocycles. The summed E-state index contributed by atoms with van der Waals surface area (Å²) in [5.41, 5.74) is 6.54. The van der Waals surface area contributed by atoms with Crippen LogP contribution < -0.4 is 0 Å². The maximum Gasteiger partial charge on any atom is 0.0964 e. The molecule has 0 saturated carbocycles. The first kappa shape index (κ1) is 17.9. The first-order valence-corrected chi connectivity index (χ1v) is 10.2. The number of nitrogens with zero attached hydrogens (tertiary/aromatic N) is 4. The number of benzene rings is 2. The van der Waals surface area contributed by atoms with Gasteiger partial charge in [-0.3, -0.25) is 5.10 Å². The Balaban J connectivity index is 1.63. The van der Waals surface area contributed by atoms with E-state index in [0.29, 0.717) is 5.92 Å². The molecule has 0 spiro atoms. The second-order valence-electron chi connectivity index (χ2n) is 7.90. The molecule has 1 saturated heterocycles. The highest BCUT2D eigenvalue weighted by Crippen LogP contribution is 2.37. The third-order valence-electron chi connectivity index (χ3n) is 5.79. The first-order valence-electron chi connectivity index (χ1n) is 10.2. The molecule has 1 aliphatic rings. The van der Waals surface area contributed by atoms with Gasteiger partial charge in [-0.15, -0.1) is 0 Å². The van der Waals surface area contributed by atoms with E-state index < -0.39 is 0 Å². The summed E-state index contributed by atoms with van der Waals surface area (Å²) in [5, 5.41) is 7.62. The van der Waals surface area contributed by atoms with Gasteiger partial charge in [0.1, 0.15) is 0 Å². The van der Waals surface area contributed by atoms with E-state index >= 15 is 0 Å². The van der Waals surface area contributed by atoms with Crippen LogP contribution >= 0.6 is 0 Å². The smallest absolute Gasteiger partial charge is 0.0964 e. The van der Waals surface area contributed by atoms with Gasteiger partial charge in [0, 0.05) is 29.8 Å². The monoisotopic (exact) mass is 383 g/mol. The summed E-state index contributed by atoms with van der Waals surface area (Å²) in [4.78, 5) is 7.26. The number of aromatic nitrogens is 4. The molecule has 1 N–H and O–H groups in total. The molecule has 0 bridgehead atoms. The predicted molar refractivity (Wildman–Crippen MR) is 116 cm³/mol. The maximum atomic E-state index is 4.85. The molecule has 29 heavy (non-hydrogen) atoms. The van der Waals surface area contributed by atoms with Crippen LogP contribution in [0.25, 0.3) is 33.8 Å². The molecule has 2 aromatic heterocycles. The number of hydrogen-bond donors (Lipinski definition) is 1. The molecule has 1 aliphatic heterocycles. The molecule has 5 nitrogen and oxygen atoms in total. The standard InChI is InChI=1S/C24H25N5/c1-28-13-12-18(15-28)16-29-17-25-23(20-10-6-3-7-11-20)24(29)21-14-26-27-22(21)19-8-4-2-5-9-19/h2-11,14,17-18H,12-13,15-16H2,1H3,(H,26,27)/t18-/m0/s1. The fourth-order valence-electron chi connectivity index (χ4n) is 4.35. The Morgan fingerprint density at radius 2 is 1.72 bits per heavy atom. The van der Waals surface area contributed by atoms with Crippen LogP contribution in [0.3, 0.4) is 0 Å². The van der Waals surface area contributed by atoms with Crippen molar-refractivity contribution in [3.63, 3.8) is 0 Å². The molecule has 146 valence electrons. The van der Waals surface area contributed by atoms with Crippen LogP contribution in [0.15, 0.2) is 73.2 Å². The molecule has 1 atom stereocenters. The van der Waals surface area contributed by atoms with Crippen LogP contribution in [-0.2, 0) is 6.54 Å². The van der Waals surface area contributed by atoms with Crippen molar-refractivity contribution in [1.82, 2.24) is 24.6 Å². The van der Waals surface area contributed by atoms with Crippen molar-refractivity contribution in [2.45, 2.75) is 13.0 Å². The van der Waals surface area contributed by atoms with Crippen LogP contribution in [0, 0.1) is 5.92 Å². The Labute approximate surface area is 171 Å². The molecule has 3 heterocycles. The topological polar surface area (TPSA) is 49.7 Å². The number of imidazole rings is 1. The summed E-state index contributed by atoms with van der Waals surface area (Å²) in [6.07, 6.45) is 5.16. The largest absolute Gasteiger partial charge is 0.330 e. The lowest BCUT2D eigenvalue weighted by atomic mass is 10.0. The summed E-state index contributed by atoms with van der Waals surface area (Å²) < 4.78 is 2.32. The zero-order chi connectivity index (χ0) is 19.6. The second kappa shape index (κ2) is 7.68. The normalized spacial score (nSPS) is 17.1. The highest BCUT2D eigenvalue weighted by atomic mass is 15.1. The van der Waals surface area contributed by atoms with Crippen LogP contribution in [-0.4, -0.2) is 44.8 Å². The van der Waals surface area contributed by atoms with Crippen molar-refractivity contribution < 1.29 is 0 Å². The van der Waals surface area contributed by atoms with Crippen molar-refractivity contribution in [1.29, 1.82) is 0 Å². The van der Waals surface area contributed by atoms with Crippen molar-refractivity contribution in [3.8, 4) is 33.8 Å². The summed E-state index contributed by atoms with van der Waals surface area (Å²) in [7, 11) is 2.20. The quantitative estimate of drug-likeness (QED) is 0.550. The summed E-state index contributed by atoms with van der Waals surface area (Å²) in [6, 6.07) is 20.8. The summed E-state index contributed by atoms with van der Waals surface area (Å²) in [5.74, 6) is 0.642. The fourth-order valence-corrected chi connectivity index (χ4v) is 4.35. The summed E-state index contributed by atoms with van der Waals surface area (Å²) >= 11 is 0. The third kappa shape index (κ3) is 3.49. The third-order valence-corrected chi connectivity index (χ3v) is 5.79. The Bertz CT molecular complexity index is 1080. The minimum atomic E-state index is 0.642. The molecular weight excluding hydrogens is 358 g/mol. The Hall–Kier alpha value is -3.18. The highest BCUT2D eigenvalue weighted by Gasteiger charge is 2.24. The van der Waals surface area contributed by atoms with Gasteiger partial charge in [-0.05, 0) is 25.9 Å². The number of aromatic amines is 1. The molecule has 0 amide bonds. The minimum absolute atomic E-state index is 0.642. The van der Waals surface area contributed by atoms with E-state index in [1.807, 2.05) is 24.7 Å². The average Bonchev–Trinajstić information content (AvgIpc) is 3.49. The van der Waals surface area contributed by atoms with E-state index in [1.54, 1.807) is 0 Å². The molecule has 5 heteroatoms. The van der Waals surface area contributed by atoms with Crippen LogP contribution in [0.1, 0.15) is 6.42 Å². The van der Waals surface area contributed by atoms with Gasteiger partial charge in [0.25, 0.3) is 0 Å². The van der Waals surface area contributed by atoms with Crippen molar-refractivity contribution in [3.05, 3.63) is 73.2 Å². The Morgan fingerprint density at radius 1 is 1.00 bits per heavy atom. The lowest BCUT2D eigenvalue weighted by molar-refractivity contribution is 0.378. The molecule has 0 radical (unpaired) electrons. The average molecular weight is 383 g/mol. The second-order valence-corrected chi connectivity index (χ2v) is 7.90. The molecule has 4 aromatic rings. The fraction of sp³-hybridized carbons (Fsp3) is 0.250. The molecule has 1 fully saturated rings. The zero-order valence-corrected chi connectivity index (χ0v) is 16.6. The van der Waals surface area contributed by atoms with E-state index in [2.05, 4.69) is 75.2 Å². The Kier molecular flexibility index (Phi) is 4.74. The van der Waals surface area contributed by atoms with E-state index in [4.69, 9.17) is 4.98 Å². The van der Waals surface area contributed by atoms with E-state index in [1.165, 1.54) is 13.0 Å². The number of likely N-dealkylation sites (tertiary alicyclic amines) is 1. The van der Waals surface area contributed by atoms with Crippen LogP contribution in [0.5, 0.6) is 0 Å². The molecule has 2 aromatic carbocycles. The molecule has 0 unspecified atom stereocenters. The number of hydrogen-bond acceptors (Lipinski definition) is 3. The first-order chi connectivity index (χ1) is 14.3. The van der Waals surface area contributed by atoms with Gasteiger partial charge in [-0.25, -0.2) is 4.98 Å². The number of rotatable bonds is 5. The zero-order valence-electron chi connectivity index (χ0n) is 16.6. The Morgan fingerprint density at radius 3 is 2.41 bits per heavy atom. The SMILES string of the molecule is CN1CC[C@H](Cn2cnc(-c3ccccc3)c2-c2cn[nH]c2-c2ccccc2)C1. The predicted octanol–water partition coefficient (Wildman–Crippen LogP) is 4.56. The minimum Gasteiger partial charge on any atom is -0.330 e. The molecule has 5 rings (SSSR count). The van der Waals surface area contributed by atoms with Gasteiger partial charge in [-0.1, -0.05) is 60.7 Å². The highest BCUT2D eigenvalue weighted by molar-refractivity contribution is 5.86. The lowest BCUT2D eigenvalue weighted by Gasteiger charge is -2.15. The number of H-pyrrole nitrogens is 1. The molecular formula is C24H25N5. The van der Waals surface area contributed by atoms with E-state index in [9.17, 15) is 0 Å². The lowest BCUT2D eigenvalue weighted by Crippen LogP contribution is -2.17. The van der Waals surface area contributed by atoms with Gasteiger partial charge in [0.15, 0.2) is 0 Å². The van der Waals surface area contributed by atoms with Gasteiger partial charge >= 0.3 is 0 Å². The van der Waals surface area contributed by atoms with Crippen molar-refractivity contribution in [2.24, 2.45) is 5.92 Å². The van der Waals surface area contributed by atoms with E-state index in [-0.39, 0.29) is 0 Å². The van der Waals surface area contributed by atoms with Crippen LogP contribution in [0.2, 0.25) is 0 Å². The van der Waals surface area contributed by atoms with Gasteiger partial charge in [0.05, 0.1) is 29.6 Å². The van der Waals surface area contributed by atoms with E-state index in [0.717, 1.165) is 46.9 Å². The van der Waals surface area contributed by atoms with Gasteiger partial charge in [-0.2, -0.15) is 5.10 Å². The van der Waals surface area contributed by atoms with Gasteiger partial charge in [0.2, 0.25) is 0 Å². The van der Waals surface area contributed by atoms with Crippen molar-refractivity contribution >= 4 is 0 Å². The van der Waals surface area contributed by atoms with Gasteiger partial charge < -0.3 is 9.47 Å². The van der Waals surface area contributed by atoms with Crippen LogP contribution in [0.4, 0.5) is 0 Å². The maximum absolute atomic E-state index is 4.85. The van der Waals surface area contributed by atoms with Crippen molar-refractivity contribution in [2.75, 3.05) is 20.1 Å². The number of nitrogens with one attached hydrogen (secondary N) is 1. The summed E-state index contributed by atoms with van der Waals surface area (Å²) in [6.45, 7) is 3.27.